The van der Waals surface area contributed by atoms with Gasteiger partial charge in [-0.2, -0.15) is 0 Å². The van der Waals surface area contributed by atoms with Crippen LogP contribution in [0.2, 0.25) is 10.0 Å². The Morgan fingerprint density at radius 2 is 2.19 bits per heavy atom. The highest BCUT2D eigenvalue weighted by molar-refractivity contribution is 8.02. The van der Waals surface area contributed by atoms with Gasteiger partial charge in [0.05, 0.1) is 12.3 Å². The molecular weight excluding hydrogens is 265 g/mol. The maximum absolute atomic E-state index is 11.6. The van der Waals surface area contributed by atoms with E-state index in [1.807, 2.05) is 11.5 Å². The van der Waals surface area contributed by atoms with Gasteiger partial charge in [-0.1, -0.05) is 29.3 Å². The molecule has 1 aliphatic heterocycles. The maximum Gasteiger partial charge on any atom is 0.237 e. The number of thioether (sulfide) groups is 1. The number of halogens is 2. The third-order valence-corrected chi connectivity index (χ3v) is 3.53. The van der Waals surface area contributed by atoms with Crippen LogP contribution in [-0.2, 0) is 11.3 Å². The first kappa shape index (κ1) is 11.8. The second-order valence-electron chi connectivity index (χ2n) is 3.35. The Hall–Kier alpha value is -0.640. The summed E-state index contributed by atoms with van der Waals surface area (Å²) in [5, 5.41) is 3.10. The van der Waals surface area contributed by atoms with E-state index in [0.717, 1.165) is 5.56 Å². The molecule has 16 heavy (non-hydrogen) atoms. The van der Waals surface area contributed by atoms with Crippen molar-refractivity contribution in [1.82, 2.24) is 4.90 Å². The van der Waals surface area contributed by atoms with Crippen LogP contribution in [0.15, 0.2) is 29.8 Å². The van der Waals surface area contributed by atoms with Crippen LogP contribution in [0.3, 0.4) is 0 Å². The topological polar surface area (TPSA) is 20.3 Å². The monoisotopic (exact) mass is 273 g/mol. The number of carbonyl (C=O) groups excluding carboxylic acids is 1. The second-order valence-corrected chi connectivity index (χ2v) is 5.09. The van der Waals surface area contributed by atoms with Gasteiger partial charge < -0.3 is 4.90 Å². The normalized spacial score (nSPS) is 15.6. The molecule has 0 aliphatic carbocycles. The Balaban J connectivity index is 2.17. The average molecular weight is 274 g/mol. The van der Waals surface area contributed by atoms with Gasteiger partial charge in [0.15, 0.2) is 0 Å². The van der Waals surface area contributed by atoms with Crippen molar-refractivity contribution in [3.05, 3.63) is 45.4 Å². The van der Waals surface area contributed by atoms with Crippen molar-refractivity contribution in [1.29, 1.82) is 0 Å². The van der Waals surface area contributed by atoms with Gasteiger partial charge in [0.2, 0.25) is 5.91 Å². The minimum absolute atomic E-state index is 0.0958. The molecule has 0 radical (unpaired) electrons. The molecular formula is C11H9Cl2NOS. The van der Waals surface area contributed by atoms with Gasteiger partial charge in [0.1, 0.15) is 0 Å². The minimum atomic E-state index is 0.0958. The molecule has 0 spiro atoms. The van der Waals surface area contributed by atoms with E-state index in [4.69, 9.17) is 23.2 Å². The van der Waals surface area contributed by atoms with E-state index in [1.165, 1.54) is 11.8 Å². The van der Waals surface area contributed by atoms with Crippen LogP contribution in [0.1, 0.15) is 5.56 Å². The van der Waals surface area contributed by atoms with Crippen molar-refractivity contribution in [2.75, 3.05) is 5.75 Å². The summed E-state index contributed by atoms with van der Waals surface area (Å²) < 4.78 is 0. The first-order valence-electron chi connectivity index (χ1n) is 4.68. The van der Waals surface area contributed by atoms with Crippen molar-refractivity contribution in [3.63, 3.8) is 0 Å². The Bertz CT molecular complexity index is 448. The molecule has 1 aromatic carbocycles. The zero-order valence-corrected chi connectivity index (χ0v) is 10.6. The maximum atomic E-state index is 11.6. The SMILES string of the molecule is O=C1CSC=CN1Cc1ccc(Cl)cc1Cl. The van der Waals surface area contributed by atoms with Gasteiger partial charge in [0.25, 0.3) is 0 Å². The predicted molar refractivity (Wildman–Crippen MR) is 68.6 cm³/mol. The van der Waals surface area contributed by atoms with Crippen LogP contribution in [-0.4, -0.2) is 16.6 Å². The number of carbonyl (C=O) groups is 1. The summed E-state index contributed by atoms with van der Waals surface area (Å²) in [6, 6.07) is 5.30. The molecule has 0 fully saturated rings. The first-order valence-corrected chi connectivity index (χ1v) is 6.49. The number of rotatable bonds is 2. The number of hydrogen-bond acceptors (Lipinski definition) is 2. The molecule has 1 amide bonds. The van der Waals surface area contributed by atoms with Crippen LogP contribution in [0.4, 0.5) is 0 Å². The summed E-state index contributed by atoms with van der Waals surface area (Å²) in [6.45, 7) is 0.492. The molecule has 2 rings (SSSR count). The lowest BCUT2D eigenvalue weighted by atomic mass is 10.2. The first-order chi connectivity index (χ1) is 7.66. The van der Waals surface area contributed by atoms with E-state index in [2.05, 4.69) is 0 Å². The van der Waals surface area contributed by atoms with E-state index in [9.17, 15) is 4.79 Å². The van der Waals surface area contributed by atoms with E-state index in [-0.39, 0.29) is 5.91 Å². The van der Waals surface area contributed by atoms with Gasteiger partial charge in [-0.05, 0) is 23.1 Å². The highest BCUT2D eigenvalue weighted by atomic mass is 35.5. The molecule has 0 unspecified atom stereocenters. The van der Waals surface area contributed by atoms with E-state index in [1.54, 1.807) is 23.2 Å². The zero-order valence-electron chi connectivity index (χ0n) is 8.32. The van der Waals surface area contributed by atoms with Crippen LogP contribution in [0.5, 0.6) is 0 Å². The Morgan fingerprint density at radius 1 is 1.38 bits per heavy atom. The minimum Gasteiger partial charge on any atom is -0.313 e. The van der Waals surface area contributed by atoms with E-state index in [0.29, 0.717) is 22.3 Å². The molecule has 0 bridgehead atoms. The van der Waals surface area contributed by atoms with E-state index < -0.39 is 0 Å². The summed E-state index contributed by atoms with van der Waals surface area (Å²) in [4.78, 5) is 13.2. The Labute approximate surface area is 108 Å². The molecule has 0 N–H and O–H groups in total. The second kappa shape index (κ2) is 5.13. The van der Waals surface area contributed by atoms with Gasteiger partial charge in [0, 0.05) is 16.2 Å². The zero-order chi connectivity index (χ0) is 11.5. The highest BCUT2D eigenvalue weighted by Gasteiger charge is 2.15. The number of hydrogen-bond donors (Lipinski definition) is 0. The lowest BCUT2D eigenvalue weighted by molar-refractivity contribution is -0.126. The predicted octanol–water partition coefficient (Wildman–Crippen LogP) is 3.54. The van der Waals surface area contributed by atoms with Crippen LogP contribution in [0, 0.1) is 0 Å². The third-order valence-electron chi connectivity index (χ3n) is 2.22. The fourth-order valence-corrected chi connectivity index (χ4v) is 2.48. The quantitative estimate of drug-likeness (QED) is 0.822. The number of amides is 1. The van der Waals surface area contributed by atoms with Crippen LogP contribution < -0.4 is 0 Å². The van der Waals surface area contributed by atoms with Crippen LogP contribution >= 0.6 is 35.0 Å². The molecule has 1 aliphatic rings. The summed E-state index contributed by atoms with van der Waals surface area (Å²) in [5.74, 6) is 0.584. The summed E-state index contributed by atoms with van der Waals surface area (Å²) >= 11 is 13.3. The Morgan fingerprint density at radius 3 is 2.88 bits per heavy atom. The fourth-order valence-electron chi connectivity index (χ4n) is 1.38. The molecule has 84 valence electrons. The molecule has 1 heterocycles. The van der Waals surface area contributed by atoms with E-state index >= 15 is 0 Å². The Kier molecular flexibility index (Phi) is 3.79. The molecule has 0 atom stereocenters. The average Bonchev–Trinajstić information content (AvgIpc) is 2.25. The fraction of sp³-hybridized carbons (Fsp3) is 0.182. The molecule has 2 nitrogen and oxygen atoms in total. The molecule has 1 aromatic rings. The third kappa shape index (κ3) is 2.73. The van der Waals surface area contributed by atoms with Crippen molar-refractivity contribution in [2.45, 2.75) is 6.54 Å². The lowest BCUT2D eigenvalue weighted by Gasteiger charge is -2.21. The molecule has 5 heteroatoms. The van der Waals surface area contributed by atoms with Crippen molar-refractivity contribution < 1.29 is 4.79 Å². The summed E-state index contributed by atoms with van der Waals surface area (Å²) in [5.41, 5.74) is 0.899. The highest BCUT2D eigenvalue weighted by Crippen LogP contribution is 2.23. The number of benzene rings is 1. The lowest BCUT2D eigenvalue weighted by Crippen LogP contribution is -2.28. The molecule has 0 saturated carbocycles. The van der Waals surface area contributed by atoms with Gasteiger partial charge in [-0.15, -0.1) is 11.8 Å². The van der Waals surface area contributed by atoms with Gasteiger partial charge in [-0.25, -0.2) is 0 Å². The van der Waals surface area contributed by atoms with Crippen molar-refractivity contribution in [3.8, 4) is 0 Å². The van der Waals surface area contributed by atoms with Crippen molar-refractivity contribution >= 4 is 40.9 Å². The smallest absolute Gasteiger partial charge is 0.237 e. The largest absolute Gasteiger partial charge is 0.313 e. The summed E-state index contributed by atoms with van der Waals surface area (Å²) in [7, 11) is 0. The van der Waals surface area contributed by atoms with Crippen LogP contribution in [0.25, 0.3) is 0 Å². The van der Waals surface area contributed by atoms with Gasteiger partial charge >= 0.3 is 0 Å². The molecule has 0 saturated heterocycles. The molecule has 0 aromatic heterocycles. The summed E-state index contributed by atoms with van der Waals surface area (Å²) in [6.07, 6.45) is 1.78. The number of nitrogens with zero attached hydrogens (tertiary/aromatic N) is 1. The van der Waals surface area contributed by atoms with Gasteiger partial charge in [-0.3, -0.25) is 4.79 Å². The standard InChI is InChI=1S/C11H9Cl2NOS/c12-9-2-1-8(10(13)5-9)6-14-3-4-16-7-11(14)15/h1-5H,6-7H2. The van der Waals surface area contributed by atoms with Crippen molar-refractivity contribution in [2.24, 2.45) is 0 Å².